The zero-order valence-corrected chi connectivity index (χ0v) is 24.9. The quantitative estimate of drug-likeness (QED) is 0.488. The van der Waals surface area contributed by atoms with Crippen molar-refractivity contribution in [1.29, 1.82) is 0 Å². The topological polar surface area (TPSA) is 62.2 Å². The van der Waals surface area contributed by atoms with Gasteiger partial charge in [0.25, 0.3) is 0 Å². The fourth-order valence-electron chi connectivity index (χ4n) is 6.17. The summed E-state index contributed by atoms with van der Waals surface area (Å²) < 4.78 is 11.4. The number of rotatable bonds is 8. The highest BCUT2D eigenvalue weighted by atomic mass is 16.5. The maximum atomic E-state index is 13.8. The molecule has 2 fully saturated rings. The van der Waals surface area contributed by atoms with Crippen molar-refractivity contribution in [2.24, 2.45) is 17.3 Å². The summed E-state index contributed by atoms with van der Waals surface area (Å²) in [6.45, 7) is 9.45. The van der Waals surface area contributed by atoms with E-state index in [1.54, 1.807) is 7.11 Å². The minimum absolute atomic E-state index is 0.177. The minimum Gasteiger partial charge on any atom is -0.497 e. The van der Waals surface area contributed by atoms with Crippen molar-refractivity contribution in [2.75, 3.05) is 53.0 Å². The molecule has 0 spiro atoms. The molecule has 0 saturated carbocycles. The standard InChI is InChI=1S/C34H50N2O4/c1-34(2)26-40-22-8-12-30-24-35(19-7-11-27-9-5-4-6-10-27)20-18-29(30)23-33(38)36(25-32(34)37)21-17-28-13-15-31(39-3)16-14-28/h4-6,9-10,13-16,29-30,32,37H,7-8,11-12,17-26H2,1-3H3/t29-,30-,32-/m0/s1. The zero-order chi connectivity index (χ0) is 28.4. The van der Waals surface area contributed by atoms with E-state index in [4.69, 9.17) is 9.47 Å². The molecule has 6 heteroatoms. The van der Waals surface area contributed by atoms with E-state index >= 15 is 0 Å². The molecule has 220 valence electrons. The number of amides is 1. The fourth-order valence-corrected chi connectivity index (χ4v) is 6.17. The Morgan fingerprint density at radius 3 is 2.45 bits per heavy atom. The molecule has 0 aromatic heterocycles. The number of nitrogens with zero attached hydrogens (tertiary/aromatic N) is 2. The van der Waals surface area contributed by atoms with Crippen LogP contribution in [0.5, 0.6) is 5.75 Å². The first-order valence-electron chi connectivity index (χ1n) is 15.3. The Bertz CT molecular complexity index is 1030. The molecule has 2 aromatic carbocycles. The van der Waals surface area contributed by atoms with Crippen LogP contribution >= 0.6 is 0 Å². The number of carbonyl (C=O) groups excluding carboxylic acids is 1. The molecular formula is C34H50N2O4. The number of β-amino-alcohol motifs (C(OH)–C–C–N with tert-alkyl or cyclic N) is 1. The summed E-state index contributed by atoms with van der Waals surface area (Å²) in [5.41, 5.74) is 2.15. The number of benzene rings is 2. The van der Waals surface area contributed by atoms with E-state index in [0.29, 0.717) is 44.6 Å². The van der Waals surface area contributed by atoms with E-state index in [1.165, 1.54) is 5.56 Å². The Kier molecular flexibility index (Phi) is 11.5. The molecule has 2 aliphatic rings. The van der Waals surface area contributed by atoms with Crippen LogP contribution in [0.2, 0.25) is 0 Å². The summed E-state index contributed by atoms with van der Waals surface area (Å²) >= 11 is 0. The van der Waals surface area contributed by atoms with Crippen molar-refractivity contribution in [3.63, 3.8) is 0 Å². The van der Waals surface area contributed by atoms with E-state index in [0.717, 1.165) is 69.5 Å². The summed E-state index contributed by atoms with van der Waals surface area (Å²) in [4.78, 5) is 18.3. The van der Waals surface area contributed by atoms with Gasteiger partial charge in [0.05, 0.1) is 19.8 Å². The Morgan fingerprint density at radius 1 is 0.950 bits per heavy atom. The number of aliphatic hydroxyl groups is 1. The molecule has 2 saturated heterocycles. The van der Waals surface area contributed by atoms with Gasteiger partial charge in [0, 0.05) is 38.1 Å². The number of aliphatic hydroxyl groups excluding tert-OH is 1. The highest BCUT2D eigenvalue weighted by molar-refractivity contribution is 5.76. The first kappa shape index (κ1) is 30.5. The lowest BCUT2D eigenvalue weighted by atomic mass is 9.80. The third kappa shape index (κ3) is 9.05. The van der Waals surface area contributed by atoms with E-state index in [9.17, 15) is 9.90 Å². The molecule has 2 heterocycles. The van der Waals surface area contributed by atoms with Crippen molar-refractivity contribution in [2.45, 2.75) is 64.9 Å². The second-order valence-corrected chi connectivity index (χ2v) is 12.5. The molecule has 0 unspecified atom stereocenters. The minimum atomic E-state index is -0.643. The van der Waals surface area contributed by atoms with Crippen LogP contribution in [-0.2, 0) is 22.4 Å². The number of ether oxygens (including phenoxy) is 2. The largest absolute Gasteiger partial charge is 0.497 e. The third-order valence-corrected chi connectivity index (χ3v) is 9.01. The number of hydrogen-bond acceptors (Lipinski definition) is 5. The van der Waals surface area contributed by atoms with Gasteiger partial charge in [-0.05, 0) is 86.7 Å². The molecule has 2 aliphatic heterocycles. The van der Waals surface area contributed by atoms with Crippen LogP contribution < -0.4 is 4.74 Å². The predicted molar refractivity (Wildman–Crippen MR) is 161 cm³/mol. The molecular weight excluding hydrogens is 500 g/mol. The maximum Gasteiger partial charge on any atom is 0.222 e. The van der Waals surface area contributed by atoms with Gasteiger partial charge < -0.3 is 24.4 Å². The van der Waals surface area contributed by atoms with Crippen LogP contribution in [0.25, 0.3) is 0 Å². The summed E-state index contributed by atoms with van der Waals surface area (Å²) in [6, 6.07) is 18.8. The zero-order valence-electron chi connectivity index (χ0n) is 24.9. The van der Waals surface area contributed by atoms with Crippen LogP contribution in [0.3, 0.4) is 0 Å². The number of carbonyl (C=O) groups is 1. The number of piperidine rings is 1. The van der Waals surface area contributed by atoms with Crippen LogP contribution in [0.4, 0.5) is 0 Å². The third-order valence-electron chi connectivity index (χ3n) is 9.01. The molecule has 1 amide bonds. The summed E-state index contributed by atoms with van der Waals surface area (Å²) in [5, 5.41) is 11.2. The lowest BCUT2D eigenvalue weighted by Gasteiger charge is -2.39. The molecule has 0 bridgehead atoms. The highest BCUT2D eigenvalue weighted by Gasteiger charge is 2.35. The second-order valence-electron chi connectivity index (χ2n) is 12.5. The second kappa shape index (κ2) is 15.0. The van der Waals surface area contributed by atoms with Crippen molar-refractivity contribution in [3.8, 4) is 5.75 Å². The van der Waals surface area contributed by atoms with Gasteiger partial charge >= 0.3 is 0 Å². The van der Waals surface area contributed by atoms with Crippen LogP contribution in [0, 0.1) is 17.3 Å². The molecule has 3 atom stereocenters. The summed E-state index contributed by atoms with van der Waals surface area (Å²) in [6.07, 6.45) is 6.09. The van der Waals surface area contributed by atoms with Crippen molar-refractivity contribution in [3.05, 3.63) is 65.7 Å². The fraction of sp³-hybridized carbons (Fsp3) is 0.618. The Morgan fingerprint density at radius 2 is 1.70 bits per heavy atom. The first-order valence-corrected chi connectivity index (χ1v) is 15.3. The molecule has 40 heavy (non-hydrogen) atoms. The summed E-state index contributed by atoms with van der Waals surface area (Å²) in [7, 11) is 1.67. The van der Waals surface area contributed by atoms with E-state index < -0.39 is 11.5 Å². The molecule has 2 aromatic rings. The molecule has 0 aliphatic carbocycles. The van der Waals surface area contributed by atoms with Gasteiger partial charge in [-0.1, -0.05) is 56.3 Å². The lowest BCUT2D eigenvalue weighted by molar-refractivity contribution is -0.136. The Balaban J connectivity index is 1.40. The molecule has 6 nitrogen and oxygen atoms in total. The average Bonchev–Trinajstić information content (AvgIpc) is 2.97. The molecule has 1 N–H and O–H groups in total. The highest BCUT2D eigenvalue weighted by Crippen LogP contribution is 2.32. The van der Waals surface area contributed by atoms with E-state index in [1.807, 2.05) is 30.9 Å². The smallest absolute Gasteiger partial charge is 0.222 e. The number of hydrogen-bond donors (Lipinski definition) is 1. The number of aryl methyl sites for hydroxylation is 1. The maximum absolute atomic E-state index is 13.8. The normalized spacial score (nSPS) is 24.9. The van der Waals surface area contributed by atoms with Crippen LogP contribution in [0.1, 0.15) is 57.1 Å². The lowest BCUT2D eigenvalue weighted by Crippen LogP contribution is -2.47. The Hall–Kier alpha value is -2.41. The van der Waals surface area contributed by atoms with Gasteiger partial charge in [-0.2, -0.15) is 0 Å². The molecule has 4 rings (SSSR count). The van der Waals surface area contributed by atoms with Crippen LogP contribution in [0.15, 0.2) is 54.6 Å². The van der Waals surface area contributed by atoms with Gasteiger partial charge in [0.1, 0.15) is 5.75 Å². The van der Waals surface area contributed by atoms with Gasteiger partial charge in [-0.3, -0.25) is 4.79 Å². The van der Waals surface area contributed by atoms with Crippen molar-refractivity contribution >= 4 is 5.91 Å². The number of fused-ring (bicyclic) bond motifs is 1. The number of likely N-dealkylation sites (tertiary alicyclic amines) is 1. The van der Waals surface area contributed by atoms with Gasteiger partial charge in [-0.15, -0.1) is 0 Å². The van der Waals surface area contributed by atoms with Gasteiger partial charge in [0.2, 0.25) is 5.91 Å². The van der Waals surface area contributed by atoms with Crippen molar-refractivity contribution in [1.82, 2.24) is 9.80 Å². The van der Waals surface area contributed by atoms with E-state index in [-0.39, 0.29) is 5.91 Å². The number of methoxy groups -OCH3 is 1. The average molecular weight is 551 g/mol. The van der Waals surface area contributed by atoms with E-state index in [2.05, 4.69) is 47.4 Å². The van der Waals surface area contributed by atoms with Gasteiger partial charge in [-0.25, -0.2) is 0 Å². The monoisotopic (exact) mass is 550 g/mol. The predicted octanol–water partition coefficient (Wildman–Crippen LogP) is 5.22. The summed E-state index contributed by atoms with van der Waals surface area (Å²) in [5.74, 6) is 1.89. The first-order chi connectivity index (χ1) is 19.3. The van der Waals surface area contributed by atoms with Crippen molar-refractivity contribution < 1.29 is 19.4 Å². The van der Waals surface area contributed by atoms with Crippen LogP contribution in [-0.4, -0.2) is 80.0 Å². The Labute approximate surface area is 241 Å². The SMILES string of the molecule is COc1ccc(CCN2C[C@H](O)C(C)(C)COCCC[C@H]3CN(CCCc4ccccc4)CC[C@H]3CC2=O)cc1. The molecule has 0 radical (unpaired) electrons. The van der Waals surface area contributed by atoms with Gasteiger partial charge in [0.15, 0.2) is 0 Å².